The number of ether oxygens (including phenoxy) is 2. The van der Waals surface area contributed by atoms with Gasteiger partial charge in [-0.2, -0.15) is 4.98 Å². The summed E-state index contributed by atoms with van der Waals surface area (Å²) in [5.41, 5.74) is 0. The van der Waals surface area contributed by atoms with Crippen molar-refractivity contribution in [2.45, 2.75) is 13.8 Å². The van der Waals surface area contributed by atoms with Crippen molar-refractivity contribution in [3.05, 3.63) is 36.2 Å². The summed E-state index contributed by atoms with van der Waals surface area (Å²) in [6, 6.07) is 9.18. The molecule has 2 aromatic rings. The molecule has 1 aromatic heterocycles. The van der Waals surface area contributed by atoms with E-state index < -0.39 is 0 Å². The predicted molar refractivity (Wildman–Crippen MR) is 74.0 cm³/mol. The van der Waals surface area contributed by atoms with Crippen LogP contribution in [0, 0.1) is 6.92 Å². The van der Waals surface area contributed by atoms with E-state index in [-0.39, 0.29) is 0 Å². The fourth-order valence-corrected chi connectivity index (χ4v) is 1.61. The molecule has 1 aromatic carbocycles. The summed E-state index contributed by atoms with van der Waals surface area (Å²) in [6.45, 7) is 4.43. The van der Waals surface area contributed by atoms with Crippen LogP contribution < -0.4 is 14.8 Å². The van der Waals surface area contributed by atoms with Crippen LogP contribution in [0.1, 0.15) is 12.7 Å². The molecule has 0 unspecified atom stereocenters. The minimum absolute atomic E-state index is 0.515. The van der Waals surface area contributed by atoms with Gasteiger partial charge in [-0.3, -0.25) is 0 Å². The van der Waals surface area contributed by atoms with Crippen molar-refractivity contribution in [2.75, 3.05) is 19.0 Å². The maximum Gasteiger partial charge on any atom is 0.224 e. The van der Waals surface area contributed by atoms with Crippen molar-refractivity contribution in [1.29, 1.82) is 0 Å². The molecular formula is C14H17N3O2. The lowest BCUT2D eigenvalue weighted by Gasteiger charge is -2.08. The van der Waals surface area contributed by atoms with E-state index in [4.69, 9.17) is 9.47 Å². The number of rotatable bonds is 5. The zero-order valence-corrected chi connectivity index (χ0v) is 11.3. The van der Waals surface area contributed by atoms with Gasteiger partial charge in [-0.05, 0) is 38.1 Å². The molecular weight excluding hydrogens is 242 g/mol. The van der Waals surface area contributed by atoms with Crippen molar-refractivity contribution < 1.29 is 9.47 Å². The van der Waals surface area contributed by atoms with Gasteiger partial charge in [0.2, 0.25) is 5.88 Å². The van der Waals surface area contributed by atoms with Gasteiger partial charge in [0.25, 0.3) is 0 Å². The van der Waals surface area contributed by atoms with E-state index in [2.05, 4.69) is 15.3 Å². The Hall–Kier alpha value is -2.30. The molecule has 5 nitrogen and oxygen atoms in total. The molecule has 0 aliphatic carbocycles. The van der Waals surface area contributed by atoms with Gasteiger partial charge in [0.05, 0.1) is 6.61 Å². The number of hydrogen-bond acceptors (Lipinski definition) is 5. The summed E-state index contributed by atoms with van der Waals surface area (Å²) in [6.07, 6.45) is 0. The van der Waals surface area contributed by atoms with Crippen LogP contribution in [0.25, 0.3) is 0 Å². The molecule has 0 fully saturated rings. The Morgan fingerprint density at radius 1 is 1.11 bits per heavy atom. The topological polar surface area (TPSA) is 56.3 Å². The second-order valence-electron chi connectivity index (χ2n) is 3.90. The smallest absolute Gasteiger partial charge is 0.224 e. The first-order valence-corrected chi connectivity index (χ1v) is 6.15. The van der Waals surface area contributed by atoms with Crippen LogP contribution in [-0.4, -0.2) is 23.6 Å². The van der Waals surface area contributed by atoms with Crippen LogP contribution in [0.15, 0.2) is 30.3 Å². The third-order valence-corrected chi connectivity index (χ3v) is 2.43. The molecule has 19 heavy (non-hydrogen) atoms. The Morgan fingerprint density at radius 2 is 1.79 bits per heavy atom. The number of aromatic nitrogens is 2. The summed E-state index contributed by atoms with van der Waals surface area (Å²) in [4.78, 5) is 8.44. The molecule has 0 spiro atoms. The molecule has 0 atom stereocenters. The van der Waals surface area contributed by atoms with Crippen LogP contribution in [0.5, 0.6) is 17.4 Å². The third-order valence-electron chi connectivity index (χ3n) is 2.43. The predicted octanol–water partition coefficient (Wildman–Crippen LogP) is 3.02. The number of anilines is 1. The largest absolute Gasteiger partial charge is 0.494 e. The molecule has 0 amide bonds. The molecule has 0 aliphatic heterocycles. The average Bonchev–Trinajstić information content (AvgIpc) is 2.40. The molecule has 0 radical (unpaired) electrons. The summed E-state index contributed by atoms with van der Waals surface area (Å²) in [7, 11) is 1.81. The summed E-state index contributed by atoms with van der Waals surface area (Å²) in [5.74, 6) is 3.44. The van der Waals surface area contributed by atoms with E-state index in [9.17, 15) is 0 Å². The van der Waals surface area contributed by atoms with E-state index in [0.29, 0.717) is 24.1 Å². The number of nitrogens with one attached hydrogen (secondary N) is 1. The average molecular weight is 259 g/mol. The van der Waals surface area contributed by atoms with Crippen molar-refractivity contribution >= 4 is 5.82 Å². The Morgan fingerprint density at radius 3 is 2.42 bits per heavy atom. The van der Waals surface area contributed by atoms with Crippen molar-refractivity contribution in [3.8, 4) is 17.4 Å². The summed E-state index contributed by atoms with van der Waals surface area (Å²) in [5, 5.41) is 2.97. The first-order valence-electron chi connectivity index (χ1n) is 6.15. The number of hydrogen-bond donors (Lipinski definition) is 1. The van der Waals surface area contributed by atoms with Crippen molar-refractivity contribution in [2.24, 2.45) is 0 Å². The Bertz CT molecular complexity index is 541. The van der Waals surface area contributed by atoms with Gasteiger partial charge in [0.15, 0.2) is 0 Å². The number of benzene rings is 1. The lowest BCUT2D eigenvalue weighted by molar-refractivity contribution is 0.339. The third kappa shape index (κ3) is 3.58. The second-order valence-corrected chi connectivity index (χ2v) is 3.90. The molecule has 1 heterocycles. The Labute approximate surface area is 112 Å². The molecule has 0 aliphatic rings. The molecule has 1 N–H and O–H groups in total. The second kappa shape index (κ2) is 6.04. The van der Waals surface area contributed by atoms with Crippen LogP contribution >= 0.6 is 0 Å². The van der Waals surface area contributed by atoms with Crippen LogP contribution in [-0.2, 0) is 0 Å². The van der Waals surface area contributed by atoms with Gasteiger partial charge in [0, 0.05) is 13.1 Å². The van der Waals surface area contributed by atoms with Gasteiger partial charge in [-0.25, -0.2) is 4.98 Å². The molecule has 0 bridgehead atoms. The SMILES string of the molecule is CCOc1ccc(Oc2cc(NC)nc(C)n2)cc1. The van der Waals surface area contributed by atoms with Crippen LogP contribution in [0.4, 0.5) is 5.82 Å². The zero-order chi connectivity index (χ0) is 13.7. The van der Waals surface area contributed by atoms with Crippen LogP contribution in [0.2, 0.25) is 0 Å². The Balaban J connectivity index is 2.14. The lowest BCUT2D eigenvalue weighted by Crippen LogP contribution is -1.98. The van der Waals surface area contributed by atoms with Gasteiger partial charge in [0.1, 0.15) is 23.1 Å². The first-order chi connectivity index (χ1) is 9.21. The Kier molecular flexibility index (Phi) is 4.18. The highest BCUT2D eigenvalue weighted by Crippen LogP contribution is 2.23. The fraction of sp³-hybridized carbons (Fsp3) is 0.286. The first kappa shape index (κ1) is 13.1. The minimum atomic E-state index is 0.515. The van der Waals surface area contributed by atoms with Gasteiger partial charge in [-0.1, -0.05) is 0 Å². The van der Waals surface area contributed by atoms with E-state index in [1.165, 1.54) is 0 Å². The molecule has 0 saturated heterocycles. The van der Waals surface area contributed by atoms with Crippen molar-refractivity contribution in [3.63, 3.8) is 0 Å². The number of nitrogens with zero attached hydrogens (tertiary/aromatic N) is 2. The molecule has 2 rings (SSSR count). The molecule has 100 valence electrons. The van der Waals surface area contributed by atoms with E-state index in [1.807, 2.05) is 45.2 Å². The quantitative estimate of drug-likeness (QED) is 0.894. The van der Waals surface area contributed by atoms with E-state index in [1.54, 1.807) is 6.07 Å². The highest BCUT2D eigenvalue weighted by Gasteiger charge is 2.03. The van der Waals surface area contributed by atoms with Gasteiger partial charge in [-0.15, -0.1) is 0 Å². The summed E-state index contributed by atoms with van der Waals surface area (Å²) >= 11 is 0. The van der Waals surface area contributed by atoms with Crippen molar-refractivity contribution in [1.82, 2.24) is 9.97 Å². The minimum Gasteiger partial charge on any atom is -0.494 e. The van der Waals surface area contributed by atoms with Gasteiger partial charge < -0.3 is 14.8 Å². The summed E-state index contributed by atoms with van der Waals surface area (Å²) < 4.78 is 11.1. The maximum atomic E-state index is 5.69. The molecule has 5 heteroatoms. The standard InChI is InChI=1S/C14H17N3O2/c1-4-18-11-5-7-12(8-6-11)19-14-9-13(15-3)16-10(2)17-14/h5-9H,4H2,1-3H3,(H,15,16,17). The normalized spacial score (nSPS) is 10.1. The fourth-order valence-electron chi connectivity index (χ4n) is 1.61. The number of aryl methyl sites for hydroxylation is 1. The van der Waals surface area contributed by atoms with Crippen LogP contribution in [0.3, 0.4) is 0 Å². The van der Waals surface area contributed by atoms with E-state index in [0.717, 1.165) is 11.6 Å². The highest BCUT2D eigenvalue weighted by atomic mass is 16.5. The lowest BCUT2D eigenvalue weighted by atomic mass is 10.3. The molecule has 0 saturated carbocycles. The highest BCUT2D eigenvalue weighted by molar-refractivity contribution is 5.40. The zero-order valence-electron chi connectivity index (χ0n) is 11.3. The maximum absolute atomic E-state index is 5.69. The van der Waals surface area contributed by atoms with E-state index >= 15 is 0 Å². The van der Waals surface area contributed by atoms with Gasteiger partial charge >= 0.3 is 0 Å². The monoisotopic (exact) mass is 259 g/mol.